The fourth-order valence-electron chi connectivity index (χ4n) is 2.67. The van der Waals surface area contributed by atoms with Gasteiger partial charge in [0.1, 0.15) is 10.8 Å². The van der Waals surface area contributed by atoms with Crippen molar-refractivity contribution in [2.75, 3.05) is 6.54 Å². The molecule has 1 heterocycles. The van der Waals surface area contributed by atoms with Crippen LogP contribution in [0.3, 0.4) is 0 Å². The van der Waals surface area contributed by atoms with Gasteiger partial charge >= 0.3 is 0 Å². The van der Waals surface area contributed by atoms with Crippen LogP contribution >= 0.6 is 23.2 Å². The van der Waals surface area contributed by atoms with Gasteiger partial charge in [-0.05, 0) is 37.7 Å². The van der Waals surface area contributed by atoms with Crippen LogP contribution in [0.5, 0.6) is 0 Å². The smallest absolute Gasteiger partial charge is 0.267 e. The minimum absolute atomic E-state index is 0.249. The molecule has 1 amide bonds. The van der Waals surface area contributed by atoms with E-state index in [0.29, 0.717) is 16.6 Å². The molecule has 1 aliphatic rings. The number of aromatic nitrogens is 1. The fourth-order valence-corrected chi connectivity index (χ4v) is 2.98. The van der Waals surface area contributed by atoms with Crippen LogP contribution in [0.2, 0.25) is 10.2 Å². The van der Waals surface area contributed by atoms with Gasteiger partial charge in [0.25, 0.3) is 5.91 Å². The van der Waals surface area contributed by atoms with Gasteiger partial charge in [-0.2, -0.15) is 0 Å². The second-order valence-electron chi connectivity index (χ2n) is 5.60. The molecule has 0 radical (unpaired) electrons. The van der Waals surface area contributed by atoms with Crippen LogP contribution in [0.15, 0.2) is 6.07 Å². The molecule has 0 spiro atoms. The van der Waals surface area contributed by atoms with Crippen LogP contribution in [0.25, 0.3) is 0 Å². The number of aromatic amines is 1. The van der Waals surface area contributed by atoms with Gasteiger partial charge in [-0.25, -0.2) is 0 Å². The number of hydrogen-bond acceptors (Lipinski definition) is 2. The number of carbonyl (C=O) groups is 1. The molecule has 1 aromatic rings. The molecule has 6 heteroatoms. The van der Waals surface area contributed by atoms with E-state index in [-0.39, 0.29) is 17.6 Å². The maximum atomic E-state index is 11.9. The summed E-state index contributed by atoms with van der Waals surface area (Å²) in [7, 11) is 0. The molecule has 112 valence electrons. The quantitative estimate of drug-likeness (QED) is 0.796. The Morgan fingerprint density at radius 1 is 1.50 bits per heavy atom. The minimum Gasteiger partial charge on any atom is -0.388 e. The van der Waals surface area contributed by atoms with Crippen molar-refractivity contribution in [2.24, 2.45) is 5.92 Å². The van der Waals surface area contributed by atoms with E-state index < -0.39 is 5.60 Å². The van der Waals surface area contributed by atoms with Crippen LogP contribution in [0.1, 0.15) is 49.5 Å². The first kappa shape index (κ1) is 15.7. The summed E-state index contributed by atoms with van der Waals surface area (Å²) < 4.78 is 0. The van der Waals surface area contributed by atoms with E-state index in [1.165, 1.54) is 6.07 Å². The van der Waals surface area contributed by atoms with Crippen molar-refractivity contribution >= 4 is 29.1 Å². The van der Waals surface area contributed by atoms with Crippen molar-refractivity contribution in [3.05, 3.63) is 21.9 Å². The first-order valence-corrected chi connectivity index (χ1v) is 7.74. The van der Waals surface area contributed by atoms with Crippen molar-refractivity contribution in [3.63, 3.8) is 0 Å². The number of H-pyrrole nitrogens is 1. The van der Waals surface area contributed by atoms with Crippen LogP contribution in [0.4, 0.5) is 0 Å². The Hall–Kier alpha value is -0.710. The van der Waals surface area contributed by atoms with E-state index >= 15 is 0 Å². The van der Waals surface area contributed by atoms with Gasteiger partial charge in [0, 0.05) is 6.54 Å². The summed E-state index contributed by atoms with van der Waals surface area (Å²) in [6.07, 6.45) is 4.66. The van der Waals surface area contributed by atoms with Gasteiger partial charge in [-0.3, -0.25) is 4.79 Å². The summed E-state index contributed by atoms with van der Waals surface area (Å²) in [5, 5.41) is 13.8. The van der Waals surface area contributed by atoms with Gasteiger partial charge in [-0.1, -0.05) is 36.5 Å². The van der Waals surface area contributed by atoms with Crippen molar-refractivity contribution < 1.29 is 9.90 Å². The molecule has 1 fully saturated rings. The standard InChI is InChI=1S/C14H20Cl2N2O2/c1-2-9-3-5-14(20,6-4-9)8-17-13(19)11-7-10(15)12(16)18-11/h7,9,18,20H,2-6,8H2,1H3,(H,17,19). The largest absolute Gasteiger partial charge is 0.388 e. The second kappa shape index (κ2) is 6.37. The molecule has 3 N–H and O–H groups in total. The minimum atomic E-state index is -0.790. The number of amides is 1. The van der Waals surface area contributed by atoms with Crippen molar-refractivity contribution in [1.82, 2.24) is 10.3 Å². The summed E-state index contributed by atoms with van der Waals surface area (Å²) in [5.74, 6) is 0.400. The van der Waals surface area contributed by atoms with Crippen LogP contribution in [-0.2, 0) is 0 Å². The number of rotatable bonds is 4. The van der Waals surface area contributed by atoms with Crippen LogP contribution in [-0.4, -0.2) is 28.1 Å². The number of aliphatic hydroxyl groups is 1. The Morgan fingerprint density at radius 2 is 2.15 bits per heavy atom. The first-order valence-electron chi connectivity index (χ1n) is 6.98. The van der Waals surface area contributed by atoms with E-state index in [2.05, 4.69) is 17.2 Å². The van der Waals surface area contributed by atoms with E-state index in [9.17, 15) is 9.90 Å². The summed E-state index contributed by atoms with van der Waals surface area (Å²) >= 11 is 11.6. The van der Waals surface area contributed by atoms with Gasteiger partial charge in [0.05, 0.1) is 10.6 Å². The molecular weight excluding hydrogens is 299 g/mol. The third-order valence-electron chi connectivity index (χ3n) is 4.16. The van der Waals surface area contributed by atoms with E-state index in [0.717, 1.165) is 32.1 Å². The molecule has 1 aromatic heterocycles. The summed E-state index contributed by atoms with van der Waals surface area (Å²) in [6.45, 7) is 2.44. The third-order valence-corrected chi connectivity index (χ3v) is 4.85. The van der Waals surface area contributed by atoms with Crippen molar-refractivity contribution in [1.29, 1.82) is 0 Å². The molecule has 0 atom stereocenters. The zero-order valence-electron chi connectivity index (χ0n) is 11.5. The summed E-state index contributed by atoms with van der Waals surface area (Å²) in [4.78, 5) is 14.6. The lowest BCUT2D eigenvalue weighted by Gasteiger charge is -2.35. The molecular formula is C14H20Cl2N2O2. The lowest BCUT2D eigenvalue weighted by Crippen LogP contribution is -2.45. The number of nitrogens with one attached hydrogen (secondary N) is 2. The molecule has 20 heavy (non-hydrogen) atoms. The molecule has 0 saturated heterocycles. The number of halogens is 2. The Morgan fingerprint density at radius 3 is 2.65 bits per heavy atom. The van der Waals surface area contributed by atoms with E-state index in [1.807, 2.05) is 0 Å². The molecule has 4 nitrogen and oxygen atoms in total. The molecule has 2 rings (SSSR count). The Balaban J connectivity index is 1.87. The lowest BCUT2D eigenvalue weighted by molar-refractivity contribution is -0.00789. The van der Waals surface area contributed by atoms with Crippen LogP contribution in [0, 0.1) is 5.92 Å². The molecule has 0 unspecified atom stereocenters. The third kappa shape index (κ3) is 3.68. The normalized spacial score (nSPS) is 26.5. The first-order chi connectivity index (χ1) is 9.43. The van der Waals surface area contributed by atoms with Gasteiger partial charge < -0.3 is 15.4 Å². The SMILES string of the molecule is CCC1CCC(O)(CNC(=O)c2cc(Cl)c(Cl)[nH]2)CC1. The predicted octanol–water partition coefficient (Wildman–Crippen LogP) is 3.38. The van der Waals surface area contributed by atoms with Crippen molar-refractivity contribution in [3.8, 4) is 0 Å². The van der Waals surface area contributed by atoms with Gasteiger partial charge in [0.15, 0.2) is 0 Å². The summed E-state index contributed by atoms with van der Waals surface area (Å²) in [5.41, 5.74) is -0.479. The highest BCUT2D eigenvalue weighted by Gasteiger charge is 2.33. The monoisotopic (exact) mass is 318 g/mol. The molecule has 1 saturated carbocycles. The topological polar surface area (TPSA) is 65.1 Å². The fraction of sp³-hybridized carbons (Fsp3) is 0.643. The molecule has 0 aliphatic heterocycles. The highest BCUT2D eigenvalue weighted by Crippen LogP contribution is 2.33. The lowest BCUT2D eigenvalue weighted by atomic mass is 9.78. The maximum absolute atomic E-state index is 11.9. The zero-order valence-corrected chi connectivity index (χ0v) is 13.0. The average Bonchev–Trinajstić information content (AvgIpc) is 2.77. The van der Waals surface area contributed by atoms with Crippen molar-refractivity contribution in [2.45, 2.75) is 44.6 Å². The summed E-state index contributed by atoms with van der Waals surface area (Å²) in [6, 6.07) is 1.48. The zero-order chi connectivity index (χ0) is 14.8. The molecule has 1 aliphatic carbocycles. The molecule has 0 aromatic carbocycles. The second-order valence-corrected chi connectivity index (χ2v) is 6.39. The van der Waals surface area contributed by atoms with Gasteiger partial charge in [-0.15, -0.1) is 0 Å². The molecule has 0 bridgehead atoms. The van der Waals surface area contributed by atoms with E-state index in [1.54, 1.807) is 0 Å². The van der Waals surface area contributed by atoms with Gasteiger partial charge in [0.2, 0.25) is 0 Å². The predicted molar refractivity (Wildman–Crippen MR) is 80.3 cm³/mol. The van der Waals surface area contributed by atoms with Crippen LogP contribution < -0.4 is 5.32 Å². The Labute approximate surface area is 128 Å². The number of hydrogen-bond donors (Lipinski definition) is 3. The van der Waals surface area contributed by atoms with E-state index in [4.69, 9.17) is 23.2 Å². The Kier molecular flexibility index (Phi) is 4.99. The highest BCUT2D eigenvalue weighted by atomic mass is 35.5. The maximum Gasteiger partial charge on any atom is 0.267 e. The Bertz CT molecular complexity index is 460. The highest BCUT2D eigenvalue weighted by molar-refractivity contribution is 6.41. The number of carbonyl (C=O) groups excluding carboxylic acids is 1. The average molecular weight is 319 g/mol.